The van der Waals surface area contributed by atoms with Crippen LogP contribution < -0.4 is 15.7 Å². The van der Waals surface area contributed by atoms with E-state index in [2.05, 4.69) is 35.4 Å². The fraction of sp³-hybridized carbons (Fsp3) is 0.435. The molecule has 0 amide bonds. The molecule has 0 saturated carbocycles. The molecule has 1 unspecified atom stereocenters. The number of ether oxygens (including phenoxy) is 1. The van der Waals surface area contributed by atoms with Gasteiger partial charge in [0.25, 0.3) is 0 Å². The van der Waals surface area contributed by atoms with Crippen molar-refractivity contribution in [3.8, 4) is 5.75 Å². The topological polar surface area (TPSA) is 79.3 Å². The predicted octanol–water partition coefficient (Wildman–Crippen LogP) is 2.68. The molecule has 2 aromatic carbocycles. The van der Waals surface area contributed by atoms with Gasteiger partial charge in [-0.3, -0.25) is 4.57 Å². The lowest BCUT2D eigenvalue weighted by Gasteiger charge is -2.26. The highest BCUT2D eigenvalue weighted by Gasteiger charge is 2.29. The molecule has 2 aliphatic rings. The Morgan fingerprint density at radius 2 is 2.24 bits per heavy atom. The molecule has 0 radical (unpaired) electrons. The summed E-state index contributed by atoms with van der Waals surface area (Å²) in [5, 5.41) is 14.7. The van der Waals surface area contributed by atoms with E-state index in [-0.39, 0.29) is 17.8 Å². The van der Waals surface area contributed by atoms with Gasteiger partial charge in [0.15, 0.2) is 0 Å². The van der Waals surface area contributed by atoms with Gasteiger partial charge < -0.3 is 20.1 Å². The van der Waals surface area contributed by atoms with Crippen molar-refractivity contribution in [2.75, 3.05) is 6.61 Å². The van der Waals surface area contributed by atoms with Gasteiger partial charge in [0, 0.05) is 30.6 Å². The summed E-state index contributed by atoms with van der Waals surface area (Å²) in [6.45, 7) is 3.55. The van der Waals surface area contributed by atoms with Crippen LogP contribution in [0.15, 0.2) is 41.2 Å². The van der Waals surface area contributed by atoms with Gasteiger partial charge in [-0.25, -0.2) is 4.79 Å². The van der Waals surface area contributed by atoms with Gasteiger partial charge in [-0.05, 0) is 49.4 Å². The lowest BCUT2D eigenvalue weighted by Crippen LogP contribution is -2.41. The number of H-pyrrole nitrogens is 1. The maximum absolute atomic E-state index is 12.3. The minimum absolute atomic E-state index is 0.0803. The lowest BCUT2D eigenvalue weighted by molar-refractivity contribution is 0.119. The number of aliphatic hydroxyl groups is 1. The van der Waals surface area contributed by atoms with E-state index < -0.39 is 6.10 Å². The Morgan fingerprint density at radius 1 is 1.34 bits per heavy atom. The molecule has 0 aliphatic carbocycles. The number of aromatic nitrogens is 2. The summed E-state index contributed by atoms with van der Waals surface area (Å²) < 4.78 is 7.35. The van der Waals surface area contributed by atoms with Gasteiger partial charge in [-0.15, -0.1) is 0 Å². The third-order valence-corrected chi connectivity index (χ3v) is 6.31. The third kappa shape index (κ3) is 3.36. The van der Waals surface area contributed by atoms with Crippen LogP contribution in [0.4, 0.5) is 0 Å². The maximum atomic E-state index is 12.3. The van der Waals surface area contributed by atoms with Gasteiger partial charge >= 0.3 is 5.69 Å². The number of hydrogen-bond acceptors (Lipinski definition) is 4. The maximum Gasteiger partial charge on any atom is 0.326 e. The Hall–Kier alpha value is -2.57. The van der Waals surface area contributed by atoms with E-state index in [4.69, 9.17) is 4.74 Å². The number of aliphatic hydroxyl groups excluding tert-OH is 1. The summed E-state index contributed by atoms with van der Waals surface area (Å²) in [4.78, 5) is 15.2. The highest BCUT2D eigenvalue weighted by molar-refractivity contribution is 5.79. The molecular formula is C23H27N3O3. The van der Waals surface area contributed by atoms with Crippen molar-refractivity contribution in [2.45, 2.75) is 57.3 Å². The fourth-order valence-electron chi connectivity index (χ4n) is 4.74. The van der Waals surface area contributed by atoms with Gasteiger partial charge in [-0.1, -0.05) is 24.3 Å². The van der Waals surface area contributed by atoms with Crippen LogP contribution in [0.5, 0.6) is 5.75 Å². The second kappa shape index (κ2) is 7.35. The minimum atomic E-state index is -0.637. The fourth-order valence-corrected chi connectivity index (χ4v) is 4.74. The lowest BCUT2D eigenvalue weighted by atomic mass is 9.97. The molecule has 152 valence electrons. The van der Waals surface area contributed by atoms with E-state index in [0.29, 0.717) is 13.0 Å². The first-order valence-electron chi connectivity index (χ1n) is 10.5. The van der Waals surface area contributed by atoms with Crippen LogP contribution >= 0.6 is 0 Å². The summed E-state index contributed by atoms with van der Waals surface area (Å²) in [7, 11) is 0. The number of nitrogens with one attached hydrogen (secondary N) is 2. The first-order valence-corrected chi connectivity index (χ1v) is 10.5. The largest absolute Gasteiger partial charge is 0.493 e. The van der Waals surface area contributed by atoms with E-state index in [1.165, 1.54) is 11.1 Å². The number of aromatic amines is 1. The zero-order chi connectivity index (χ0) is 20.0. The Balaban J connectivity index is 1.27. The second-order valence-corrected chi connectivity index (χ2v) is 8.31. The molecular weight excluding hydrogens is 366 g/mol. The van der Waals surface area contributed by atoms with Crippen molar-refractivity contribution < 1.29 is 9.84 Å². The van der Waals surface area contributed by atoms with Crippen molar-refractivity contribution in [2.24, 2.45) is 0 Å². The molecule has 6 heteroatoms. The molecule has 2 aliphatic heterocycles. The van der Waals surface area contributed by atoms with Crippen molar-refractivity contribution >= 4 is 11.0 Å². The number of nitrogens with zero attached hydrogens (tertiary/aromatic N) is 1. The molecule has 0 spiro atoms. The number of imidazole rings is 1. The van der Waals surface area contributed by atoms with Crippen LogP contribution in [0.2, 0.25) is 0 Å². The summed E-state index contributed by atoms with van der Waals surface area (Å²) in [6, 6.07) is 12.4. The zero-order valence-electron chi connectivity index (χ0n) is 16.6. The number of fused-ring (bicyclic) bond motifs is 1. The molecule has 3 atom stereocenters. The Kier molecular flexibility index (Phi) is 4.68. The van der Waals surface area contributed by atoms with E-state index in [9.17, 15) is 9.90 Å². The summed E-state index contributed by atoms with van der Waals surface area (Å²) in [5.74, 6) is 1.02. The summed E-state index contributed by atoms with van der Waals surface area (Å²) >= 11 is 0. The monoisotopic (exact) mass is 393 g/mol. The number of hydrogen-bond donors (Lipinski definition) is 3. The molecule has 3 heterocycles. The molecule has 0 bridgehead atoms. The van der Waals surface area contributed by atoms with Crippen LogP contribution in [0, 0.1) is 0 Å². The van der Waals surface area contributed by atoms with Gasteiger partial charge in [0.05, 0.1) is 23.7 Å². The number of rotatable bonds is 5. The van der Waals surface area contributed by atoms with Crippen molar-refractivity contribution in [3.05, 3.63) is 63.6 Å². The first kappa shape index (κ1) is 18.5. The Morgan fingerprint density at radius 3 is 3.14 bits per heavy atom. The highest BCUT2D eigenvalue weighted by atomic mass is 16.5. The molecule has 1 aromatic heterocycles. The van der Waals surface area contributed by atoms with Crippen LogP contribution in [-0.4, -0.2) is 33.3 Å². The summed E-state index contributed by atoms with van der Waals surface area (Å²) in [6.07, 6.45) is 3.04. The van der Waals surface area contributed by atoms with Crippen LogP contribution in [0.3, 0.4) is 0 Å². The molecule has 3 aromatic rings. The van der Waals surface area contributed by atoms with Crippen LogP contribution in [0.1, 0.15) is 42.6 Å². The molecule has 3 N–H and O–H groups in total. The van der Waals surface area contributed by atoms with Crippen molar-refractivity contribution in [3.63, 3.8) is 0 Å². The van der Waals surface area contributed by atoms with Crippen molar-refractivity contribution in [1.82, 2.24) is 14.9 Å². The van der Waals surface area contributed by atoms with Gasteiger partial charge in [-0.2, -0.15) is 0 Å². The zero-order valence-corrected chi connectivity index (χ0v) is 16.6. The molecule has 5 rings (SSSR count). The number of benzene rings is 2. The number of aryl methyl sites for hydroxylation is 2. The standard InChI is InChI=1S/C23H27N3O3/c1-14(5-6-15-7-8-20-16(13-15)10-12-29-20)24-19-9-11-26-21-17(22(19)27)3-2-4-18(21)25-23(26)28/h2-4,7-8,13-14,19,22,24,27H,5-6,9-12H2,1H3,(H,25,28)/t14?,19-,22-/m1/s1. The molecule has 0 fully saturated rings. The van der Waals surface area contributed by atoms with Gasteiger partial charge in [0.2, 0.25) is 0 Å². The SMILES string of the molecule is CC(CCc1ccc2c(c1)CCO2)N[C@@H]1CCn2c(=O)[nH]c3cccc(c32)[C@H]1O. The molecule has 0 saturated heterocycles. The van der Waals surface area contributed by atoms with E-state index in [0.717, 1.165) is 48.2 Å². The van der Waals surface area contributed by atoms with E-state index in [1.807, 2.05) is 18.2 Å². The normalized spacial score (nSPS) is 21.6. The van der Waals surface area contributed by atoms with E-state index >= 15 is 0 Å². The average Bonchev–Trinajstić information content (AvgIpc) is 3.28. The highest BCUT2D eigenvalue weighted by Crippen LogP contribution is 2.30. The third-order valence-electron chi connectivity index (χ3n) is 6.31. The van der Waals surface area contributed by atoms with E-state index in [1.54, 1.807) is 4.57 Å². The Bertz CT molecular complexity index is 1100. The number of para-hydroxylation sites is 1. The quantitative estimate of drug-likeness (QED) is 0.623. The van der Waals surface area contributed by atoms with Crippen LogP contribution in [0.25, 0.3) is 11.0 Å². The van der Waals surface area contributed by atoms with Crippen LogP contribution in [-0.2, 0) is 19.4 Å². The smallest absolute Gasteiger partial charge is 0.326 e. The minimum Gasteiger partial charge on any atom is -0.493 e. The summed E-state index contributed by atoms with van der Waals surface area (Å²) in [5.41, 5.74) is 4.98. The molecule has 6 nitrogen and oxygen atoms in total. The first-order chi connectivity index (χ1) is 14.1. The average molecular weight is 393 g/mol. The Labute approximate surface area is 169 Å². The van der Waals surface area contributed by atoms with Crippen molar-refractivity contribution in [1.29, 1.82) is 0 Å². The molecule has 29 heavy (non-hydrogen) atoms. The predicted molar refractivity (Wildman–Crippen MR) is 112 cm³/mol. The second-order valence-electron chi connectivity index (χ2n) is 8.31. The van der Waals surface area contributed by atoms with Gasteiger partial charge in [0.1, 0.15) is 5.75 Å².